The van der Waals surface area contributed by atoms with Gasteiger partial charge in [0.2, 0.25) is 0 Å². The molecule has 2 heterocycles. The van der Waals surface area contributed by atoms with Crippen LogP contribution in [0.4, 0.5) is 0 Å². The Morgan fingerprint density at radius 1 is 1.63 bits per heavy atom. The fraction of sp³-hybridized carbons (Fsp3) is 0.615. The standard InChI is InChI=1S/C13H21N3O3/c1-14-13(15-7-11-3-5-18-9-11)16-4-6-19-12(8-16)10-17-2/h3,5,9,12H,4,6-8,10H2,1-2H3,(H,14,15). The van der Waals surface area contributed by atoms with Crippen LogP contribution in [0.2, 0.25) is 0 Å². The van der Waals surface area contributed by atoms with Crippen LogP contribution in [-0.2, 0) is 16.0 Å². The SMILES string of the molecule is CN=C(NCc1ccoc1)N1CCOC(COC)C1. The third kappa shape index (κ3) is 3.97. The first-order valence-corrected chi connectivity index (χ1v) is 6.40. The van der Waals surface area contributed by atoms with Gasteiger partial charge in [0.1, 0.15) is 0 Å². The molecule has 1 aromatic heterocycles. The molecule has 0 bridgehead atoms. The molecule has 0 spiro atoms. The number of rotatable bonds is 4. The van der Waals surface area contributed by atoms with Gasteiger partial charge in [0.05, 0.1) is 31.8 Å². The highest BCUT2D eigenvalue weighted by atomic mass is 16.5. The molecule has 0 aliphatic carbocycles. The summed E-state index contributed by atoms with van der Waals surface area (Å²) in [6, 6.07) is 1.94. The van der Waals surface area contributed by atoms with E-state index in [2.05, 4.69) is 15.2 Å². The van der Waals surface area contributed by atoms with E-state index in [9.17, 15) is 0 Å². The van der Waals surface area contributed by atoms with Gasteiger partial charge >= 0.3 is 0 Å². The van der Waals surface area contributed by atoms with Gasteiger partial charge in [-0.2, -0.15) is 0 Å². The lowest BCUT2D eigenvalue weighted by atomic mass is 10.3. The third-order valence-electron chi connectivity index (χ3n) is 3.03. The molecule has 1 saturated heterocycles. The minimum atomic E-state index is 0.103. The molecule has 6 nitrogen and oxygen atoms in total. The first-order valence-electron chi connectivity index (χ1n) is 6.40. The first-order chi connectivity index (χ1) is 9.33. The van der Waals surface area contributed by atoms with Gasteiger partial charge in [-0.25, -0.2) is 0 Å². The third-order valence-corrected chi connectivity index (χ3v) is 3.03. The lowest BCUT2D eigenvalue weighted by Crippen LogP contribution is -2.51. The highest BCUT2D eigenvalue weighted by Crippen LogP contribution is 2.06. The number of hydrogen-bond acceptors (Lipinski definition) is 4. The van der Waals surface area contributed by atoms with Crippen LogP contribution in [-0.4, -0.2) is 57.4 Å². The van der Waals surface area contributed by atoms with Crippen molar-refractivity contribution in [3.8, 4) is 0 Å². The van der Waals surface area contributed by atoms with Crippen molar-refractivity contribution in [2.24, 2.45) is 4.99 Å². The smallest absolute Gasteiger partial charge is 0.194 e. The molecule has 1 aromatic rings. The van der Waals surface area contributed by atoms with Gasteiger partial charge in [0.25, 0.3) is 0 Å². The summed E-state index contributed by atoms with van der Waals surface area (Å²) in [7, 11) is 3.48. The Labute approximate surface area is 113 Å². The second-order valence-electron chi connectivity index (χ2n) is 4.43. The van der Waals surface area contributed by atoms with Crippen molar-refractivity contribution in [1.29, 1.82) is 0 Å². The van der Waals surface area contributed by atoms with Crippen LogP contribution in [0.25, 0.3) is 0 Å². The van der Waals surface area contributed by atoms with Gasteiger partial charge in [0, 0.05) is 39.4 Å². The second-order valence-corrected chi connectivity index (χ2v) is 4.43. The molecule has 1 fully saturated rings. The van der Waals surface area contributed by atoms with E-state index in [0.717, 1.165) is 24.6 Å². The summed E-state index contributed by atoms with van der Waals surface area (Å²) in [5.74, 6) is 0.880. The van der Waals surface area contributed by atoms with Gasteiger partial charge in [-0.05, 0) is 6.07 Å². The van der Waals surface area contributed by atoms with E-state index < -0.39 is 0 Å². The number of morpholine rings is 1. The summed E-state index contributed by atoms with van der Waals surface area (Å²) in [5.41, 5.74) is 1.10. The molecule has 19 heavy (non-hydrogen) atoms. The van der Waals surface area contributed by atoms with Crippen molar-refractivity contribution >= 4 is 5.96 Å². The van der Waals surface area contributed by atoms with E-state index in [0.29, 0.717) is 19.8 Å². The number of hydrogen-bond donors (Lipinski definition) is 1. The Kier molecular flexibility index (Phi) is 5.23. The largest absolute Gasteiger partial charge is 0.472 e. The van der Waals surface area contributed by atoms with Crippen molar-refractivity contribution < 1.29 is 13.9 Å². The van der Waals surface area contributed by atoms with Gasteiger partial charge in [-0.15, -0.1) is 0 Å². The summed E-state index contributed by atoms with van der Waals surface area (Å²) in [6.45, 7) is 3.63. The van der Waals surface area contributed by atoms with E-state index in [1.54, 1.807) is 26.7 Å². The predicted molar refractivity (Wildman–Crippen MR) is 72.1 cm³/mol. The number of aliphatic imine (C=N–C) groups is 1. The van der Waals surface area contributed by atoms with Crippen LogP contribution in [0, 0.1) is 0 Å². The van der Waals surface area contributed by atoms with Gasteiger partial charge in [0.15, 0.2) is 5.96 Å². The zero-order chi connectivity index (χ0) is 13.5. The molecule has 0 radical (unpaired) electrons. The van der Waals surface area contributed by atoms with E-state index in [1.807, 2.05) is 6.07 Å². The Morgan fingerprint density at radius 2 is 2.53 bits per heavy atom. The van der Waals surface area contributed by atoms with Gasteiger partial charge in [-0.1, -0.05) is 0 Å². The fourth-order valence-electron chi connectivity index (χ4n) is 2.11. The lowest BCUT2D eigenvalue weighted by Gasteiger charge is -2.34. The molecule has 1 atom stereocenters. The minimum Gasteiger partial charge on any atom is -0.472 e. The Balaban J connectivity index is 1.86. The molecule has 2 rings (SSSR count). The molecule has 1 aliphatic heterocycles. The zero-order valence-electron chi connectivity index (χ0n) is 11.5. The van der Waals surface area contributed by atoms with Gasteiger partial charge < -0.3 is 24.1 Å². The van der Waals surface area contributed by atoms with Crippen LogP contribution >= 0.6 is 0 Å². The molecule has 0 aromatic carbocycles. The summed E-state index contributed by atoms with van der Waals surface area (Å²) in [6.07, 6.45) is 3.50. The maximum Gasteiger partial charge on any atom is 0.194 e. The fourth-order valence-corrected chi connectivity index (χ4v) is 2.11. The molecule has 1 aliphatic rings. The normalized spacial score (nSPS) is 20.6. The second kappa shape index (κ2) is 7.16. The molecular weight excluding hydrogens is 246 g/mol. The van der Waals surface area contributed by atoms with Crippen molar-refractivity contribution in [3.63, 3.8) is 0 Å². The summed E-state index contributed by atoms with van der Waals surface area (Å²) in [4.78, 5) is 6.50. The Bertz CT molecular complexity index is 390. The summed E-state index contributed by atoms with van der Waals surface area (Å²) in [5, 5.41) is 3.32. The molecule has 0 saturated carbocycles. The molecule has 1 N–H and O–H groups in total. The Hall–Kier alpha value is -1.53. The number of methoxy groups -OCH3 is 1. The maximum absolute atomic E-state index is 5.63. The first kappa shape index (κ1) is 13.9. The Morgan fingerprint density at radius 3 is 3.21 bits per heavy atom. The average molecular weight is 267 g/mol. The quantitative estimate of drug-likeness (QED) is 0.643. The lowest BCUT2D eigenvalue weighted by molar-refractivity contribution is -0.0447. The molecule has 6 heteroatoms. The highest BCUT2D eigenvalue weighted by Gasteiger charge is 2.22. The number of nitrogens with zero attached hydrogens (tertiary/aromatic N) is 2. The van der Waals surface area contributed by atoms with Crippen molar-refractivity contribution in [3.05, 3.63) is 24.2 Å². The molecule has 0 amide bonds. The van der Waals surface area contributed by atoms with Crippen LogP contribution < -0.4 is 5.32 Å². The average Bonchev–Trinajstić information content (AvgIpc) is 2.94. The number of guanidine groups is 1. The molecule has 106 valence electrons. The monoisotopic (exact) mass is 267 g/mol. The molecular formula is C13H21N3O3. The topological polar surface area (TPSA) is 59.2 Å². The van der Waals surface area contributed by atoms with Crippen molar-refractivity contribution in [2.75, 3.05) is 40.5 Å². The van der Waals surface area contributed by atoms with Crippen LogP contribution in [0.5, 0.6) is 0 Å². The summed E-state index contributed by atoms with van der Waals surface area (Å²) >= 11 is 0. The number of nitrogens with one attached hydrogen (secondary N) is 1. The van der Waals surface area contributed by atoms with Crippen molar-refractivity contribution in [1.82, 2.24) is 10.2 Å². The van der Waals surface area contributed by atoms with E-state index >= 15 is 0 Å². The van der Waals surface area contributed by atoms with E-state index in [-0.39, 0.29) is 6.10 Å². The minimum absolute atomic E-state index is 0.103. The van der Waals surface area contributed by atoms with Crippen LogP contribution in [0.3, 0.4) is 0 Å². The van der Waals surface area contributed by atoms with Crippen LogP contribution in [0.15, 0.2) is 28.0 Å². The van der Waals surface area contributed by atoms with E-state index in [4.69, 9.17) is 13.9 Å². The highest BCUT2D eigenvalue weighted by molar-refractivity contribution is 5.80. The van der Waals surface area contributed by atoms with Gasteiger partial charge in [-0.3, -0.25) is 4.99 Å². The number of furan rings is 1. The molecule has 1 unspecified atom stereocenters. The van der Waals surface area contributed by atoms with Crippen molar-refractivity contribution in [2.45, 2.75) is 12.6 Å². The predicted octanol–water partition coefficient (Wildman–Crippen LogP) is 0.702. The summed E-state index contributed by atoms with van der Waals surface area (Å²) < 4.78 is 15.8. The zero-order valence-corrected chi connectivity index (χ0v) is 11.5. The van der Waals surface area contributed by atoms with E-state index in [1.165, 1.54) is 0 Å². The number of ether oxygens (including phenoxy) is 2. The van der Waals surface area contributed by atoms with Crippen LogP contribution in [0.1, 0.15) is 5.56 Å². The maximum atomic E-state index is 5.63.